The molecule has 0 unspecified atom stereocenters. The fourth-order valence-electron chi connectivity index (χ4n) is 2.81. The standard InChI is InChI=1S/C25H25BrN4O4/c1-25(2,3)34-24(33)28-14-16-4-11-20(12-5-16)29-22(31)17-6-8-18(9-7-17)23(32)30-21-13-10-19(26)15-27-21/h4-13,15H,14H2,1-3H3,(H,28,33)(H,29,31)(H,27,30,32). The number of amides is 3. The van der Waals surface area contributed by atoms with Gasteiger partial charge in [0.15, 0.2) is 0 Å². The van der Waals surface area contributed by atoms with Crippen LogP contribution in [0.15, 0.2) is 71.3 Å². The van der Waals surface area contributed by atoms with E-state index in [0.717, 1.165) is 10.0 Å². The Bertz CT molecular complexity index is 1160. The minimum Gasteiger partial charge on any atom is -0.444 e. The van der Waals surface area contributed by atoms with Gasteiger partial charge in [-0.1, -0.05) is 12.1 Å². The van der Waals surface area contributed by atoms with Crippen LogP contribution in [0.2, 0.25) is 0 Å². The lowest BCUT2D eigenvalue weighted by Gasteiger charge is -2.19. The van der Waals surface area contributed by atoms with E-state index in [9.17, 15) is 14.4 Å². The third kappa shape index (κ3) is 7.70. The first-order chi connectivity index (χ1) is 16.1. The number of aromatic nitrogens is 1. The average molecular weight is 525 g/mol. The first-order valence-corrected chi connectivity index (χ1v) is 11.3. The molecule has 0 radical (unpaired) electrons. The van der Waals surface area contributed by atoms with Gasteiger partial charge in [-0.15, -0.1) is 0 Å². The molecule has 0 spiro atoms. The Morgan fingerprint density at radius 2 is 1.44 bits per heavy atom. The Kier molecular flexibility index (Phi) is 8.01. The summed E-state index contributed by atoms with van der Waals surface area (Å²) < 4.78 is 6.02. The SMILES string of the molecule is CC(C)(C)OC(=O)NCc1ccc(NC(=O)c2ccc(C(=O)Nc3ccc(Br)cn3)cc2)cc1. The van der Waals surface area contributed by atoms with E-state index in [1.165, 1.54) is 0 Å². The first kappa shape index (κ1) is 24.9. The largest absolute Gasteiger partial charge is 0.444 e. The molecule has 34 heavy (non-hydrogen) atoms. The summed E-state index contributed by atoms with van der Waals surface area (Å²) in [5.41, 5.74) is 1.72. The predicted octanol–water partition coefficient (Wildman–Crippen LogP) is 5.37. The Balaban J connectivity index is 1.52. The van der Waals surface area contributed by atoms with E-state index < -0.39 is 11.7 Å². The van der Waals surface area contributed by atoms with Crippen LogP contribution in [0.3, 0.4) is 0 Å². The Labute approximate surface area is 206 Å². The van der Waals surface area contributed by atoms with Crippen LogP contribution in [-0.2, 0) is 11.3 Å². The van der Waals surface area contributed by atoms with Crippen molar-refractivity contribution in [3.05, 3.63) is 88.0 Å². The van der Waals surface area contributed by atoms with Crippen molar-refractivity contribution < 1.29 is 19.1 Å². The maximum absolute atomic E-state index is 12.6. The molecule has 3 rings (SSSR count). The molecule has 1 aromatic heterocycles. The Morgan fingerprint density at radius 3 is 1.97 bits per heavy atom. The third-order valence-corrected chi connectivity index (χ3v) is 4.89. The number of pyridine rings is 1. The summed E-state index contributed by atoms with van der Waals surface area (Å²) in [6.07, 6.45) is 1.10. The van der Waals surface area contributed by atoms with Crippen molar-refractivity contribution in [2.45, 2.75) is 32.9 Å². The zero-order valence-corrected chi connectivity index (χ0v) is 20.6. The molecule has 0 aliphatic heterocycles. The zero-order valence-electron chi connectivity index (χ0n) is 19.0. The summed E-state index contributed by atoms with van der Waals surface area (Å²) in [6.45, 7) is 5.71. The number of anilines is 2. The van der Waals surface area contributed by atoms with Crippen molar-refractivity contribution in [1.82, 2.24) is 10.3 Å². The molecule has 176 valence electrons. The highest BCUT2D eigenvalue weighted by Crippen LogP contribution is 2.15. The van der Waals surface area contributed by atoms with E-state index in [-0.39, 0.29) is 11.8 Å². The number of nitrogens with zero attached hydrogens (tertiary/aromatic N) is 1. The van der Waals surface area contributed by atoms with Gasteiger partial charge in [0.2, 0.25) is 0 Å². The molecule has 3 aromatic rings. The van der Waals surface area contributed by atoms with Crippen LogP contribution >= 0.6 is 15.9 Å². The molecule has 2 aromatic carbocycles. The smallest absolute Gasteiger partial charge is 0.407 e. The summed E-state index contributed by atoms with van der Waals surface area (Å²) in [7, 11) is 0. The van der Waals surface area contributed by atoms with Crippen LogP contribution in [0.25, 0.3) is 0 Å². The van der Waals surface area contributed by atoms with Crippen molar-refractivity contribution in [1.29, 1.82) is 0 Å². The summed E-state index contributed by atoms with van der Waals surface area (Å²) >= 11 is 3.29. The number of carbonyl (C=O) groups is 3. The summed E-state index contributed by atoms with van der Waals surface area (Å²) in [4.78, 5) is 40.8. The third-order valence-electron chi connectivity index (χ3n) is 4.43. The van der Waals surface area contributed by atoms with Crippen molar-refractivity contribution >= 4 is 45.3 Å². The van der Waals surface area contributed by atoms with Gasteiger partial charge in [0.25, 0.3) is 11.8 Å². The average Bonchev–Trinajstić information content (AvgIpc) is 2.79. The molecule has 0 aliphatic carbocycles. The predicted molar refractivity (Wildman–Crippen MR) is 134 cm³/mol. The molecule has 0 aliphatic rings. The molecule has 0 saturated carbocycles. The van der Waals surface area contributed by atoms with Crippen LogP contribution in [0.1, 0.15) is 47.1 Å². The van der Waals surface area contributed by atoms with Crippen molar-refractivity contribution in [2.24, 2.45) is 0 Å². The molecule has 0 saturated heterocycles. The summed E-state index contributed by atoms with van der Waals surface area (Å²) in [6, 6.07) is 16.9. The highest BCUT2D eigenvalue weighted by atomic mass is 79.9. The molecule has 0 fully saturated rings. The quantitative estimate of drug-likeness (QED) is 0.401. The van der Waals surface area contributed by atoms with E-state index >= 15 is 0 Å². The molecule has 9 heteroatoms. The van der Waals surface area contributed by atoms with Crippen LogP contribution < -0.4 is 16.0 Å². The number of nitrogens with one attached hydrogen (secondary N) is 3. The second kappa shape index (κ2) is 10.9. The Hall–Kier alpha value is -3.72. The highest BCUT2D eigenvalue weighted by Gasteiger charge is 2.15. The number of benzene rings is 2. The fraction of sp³-hybridized carbons (Fsp3) is 0.200. The molecule has 3 N–H and O–H groups in total. The lowest BCUT2D eigenvalue weighted by atomic mass is 10.1. The van der Waals surface area contributed by atoms with Crippen LogP contribution in [-0.4, -0.2) is 28.5 Å². The summed E-state index contributed by atoms with van der Waals surface area (Å²) in [5, 5.41) is 8.20. The number of ether oxygens (including phenoxy) is 1. The number of alkyl carbamates (subject to hydrolysis) is 1. The van der Waals surface area contributed by atoms with Crippen molar-refractivity contribution in [2.75, 3.05) is 10.6 Å². The van der Waals surface area contributed by atoms with E-state index in [1.807, 2.05) is 0 Å². The number of hydrogen-bond donors (Lipinski definition) is 3. The number of rotatable bonds is 6. The lowest BCUT2D eigenvalue weighted by molar-refractivity contribution is 0.0523. The molecule has 0 bridgehead atoms. The highest BCUT2D eigenvalue weighted by molar-refractivity contribution is 9.10. The van der Waals surface area contributed by atoms with Crippen LogP contribution in [0, 0.1) is 0 Å². The van der Waals surface area contributed by atoms with Gasteiger partial charge in [-0.2, -0.15) is 0 Å². The number of carbonyl (C=O) groups excluding carboxylic acids is 3. The van der Waals surface area contributed by atoms with E-state index in [4.69, 9.17) is 4.74 Å². The molecular weight excluding hydrogens is 500 g/mol. The first-order valence-electron chi connectivity index (χ1n) is 10.5. The van der Waals surface area contributed by atoms with Crippen molar-refractivity contribution in [3.63, 3.8) is 0 Å². The normalized spacial score (nSPS) is 10.8. The molecular formula is C25H25BrN4O4. The van der Waals surface area contributed by atoms with Gasteiger partial charge in [-0.3, -0.25) is 9.59 Å². The minimum atomic E-state index is -0.559. The molecule has 0 atom stereocenters. The second-order valence-electron chi connectivity index (χ2n) is 8.40. The van der Waals surface area contributed by atoms with Gasteiger partial charge >= 0.3 is 6.09 Å². The topological polar surface area (TPSA) is 109 Å². The van der Waals surface area contributed by atoms with Crippen LogP contribution in [0.4, 0.5) is 16.3 Å². The fourth-order valence-corrected chi connectivity index (χ4v) is 3.04. The summed E-state index contributed by atoms with van der Waals surface area (Å²) in [5.74, 6) is -0.196. The van der Waals surface area contributed by atoms with Gasteiger partial charge in [0.05, 0.1) is 0 Å². The molecule has 8 nitrogen and oxygen atoms in total. The van der Waals surface area contributed by atoms with Gasteiger partial charge in [0.1, 0.15) is 11.4 Å². The molecule has 3 amide bonds. The van der Waals surface area contributed by atoms with Gasteiger partial charge < -0.3 is 20.7 Å². The van der Waals surface area contributed by atoms with Crippen LogP contribution in [0.5, 0.6) is 0 Å². The second-order valence-corrected chi connectivity index (χ2v) is 9.32. The van der Waals surface area contributed by atoms with Gasteiger partial charge in [-0.25, -0.2) is 9.78 Å². The monoisotopic (exact) mass is 524 g/mol. The Morgan fingerprint density at radius 1 is 0.853 bits per heavy atom. The molecule has 1 heterocycles. The van der Waals surface area contributed by atoms with E-state index in [2.05, 4.69) is 36.9 Å². The number of hydrogen-bond acceptors (Lipinski definition) is 5. The van der Waals surface area contributed by atoms with Gasteiger partial charge in [0, 0.05) is 34.0 Å². The van der Waals surface area contributed by atoms with E-state index in [1.54, 1.807) is 87.6 Å². The van der Waals surface area contributed by atoms with Gasteiger partial charge in [-0.05, 0) is 90.8 Å². The maximum Gasteiger partial charge on any atom is 0.407 e. The minimum absolute atomic E-state index is 0.304. The maximum atomic E-state index is 12.6. The van der Waals surface area contributed by atoms with E-state index in [0.29, 0.717) is 29.2 Å². The zero-order chi connectivity index (χ0) is 24.7. The van der Waals surface area contributed by atoms with Crippen molar-refractivity contribution in [3.8, 4) is 0 Å². The number of halogens is 1. The lowest BCUT2D eigenvalue weighted by Crippen LogP contribution is -2.32.